The quantitative estimate of drug-likeness (QED) is 0.578. The third-order valence-corrected chi connectivity index (χ3v) is 4.07. The van der Waals surface area contributed by atoms with Crippen molar-refractivity contribution < 1.29 is 9.63 Å². The molecule has 0 aliphatic heterocycles. The smallest absolute Gasteiger partial charge is 0.319 e. The van der Waals surface area contributed by atoms with Gasteiger partial charge in [0, 0.05) is 5.69 Å². The molecule has 5 heteroatoms. The number of hydrogen-bond acceptors (Lipinski definition) is 3. The molecule has 0 fully saturated rings. The van der Waals surface area contributed by atoms with Crippen LogP contribution in [0.5, 0.6) is 0 Å². The second-order valence-electron chi connectivity index (χ2n) is 6.75. The maximum Gasteiger partial charge on any atom is 0.319 e. The van der Waals surface area contributed by atoms with Crippen LogP contribution in [0.1, 0.15) is 44.4 Å². The number of benzene rings is 2. The zero-order chi connectivity index (χ0) is 19.2. The molecule has 0 atom stereocenters. The number of nitrogens with one attached hydrogen (secondary N) is 2. The van der Waals surface area contributed by atoms with Crippen molar-refractivity contribution in [1.82, 2.24) is 5.32 Å². The molecule has 0 unspecified atom stereocenters. The first kappa shape index (κ1) is 19.5. The van der Waals surface area contributed by atoms with Gasteiger partial charge >= 0.3 is 6.03 Å². The van der Waals surface area contributed by atoms with Gasteiger partial charge in [-0.25, -0.2) is 4.79 Å². The Bertz CT molecular complexity index is 780. The summed E-state index contributed by atoms with van der Waals surface area (Å²) in [4.78, 5) is 17.5. The number of rotatable bonds is 6. The summed E-state index contributed by atoms with van der Waals surface area (Å²) in [7, 11) is 0. The number of carbonyl (C=O) groups excluding carboxylic acids is 1. The second-order valence-corrected chi connectivity index (χ2v) is 6.75. The minimum Gasteiger partial charge on any atom is -0.396 e. The molecule has 0 heterocycles. The molecule has 2 aromatic carbocycles. The molecule has 5 nitrogen and oxygen atoms in total. The minimum absolute atomic E-state index is 0.246. The highest BCUT2D eigenvalue weighted by Crippen LogP contribution is 2.22. The number of carbonyl (C=O) groups is 1. The Hall–Kier alpha value is -2.82. The standard InChI is InChI=1S/C21H27N3O2/c1-6-26-24-16(3)17-8-7-9-18(14-17)21(4,5)23-20(25)22-19-12-10-15(2)11-13-19/h7-14H,6H2,1-5H3,(H2,22,23,25)/b24-16+. The van der Waals surface area contributed by atoms with E-state index in [1.54, 1.807) is 0 Å². The van der Waals surface area contributed by atoms with Crippen LogP contribution in [0.3, 0.4) is 0 Å². The van der Waals surface area contributed by atoms with Crippen LogP contribution in [-0.4, -0.2) is 18.3 Å². The Kier molecular flexibility index (Phi) is 6.39. The zero-order valence-electron chi connectivity index (χ0n) is 16.1. The zero-order valence-corrected chi connectivity index (χ0v) is 16.1. The van der Waals surface area contributed by atoms with Crippen LogP contribution < -0.4 is 10.6 Å². The van der Waals surface area contributed by atoms with Crippen molar-refractivity contribution in [3.05, 3.63) is 65.2 Å². The van der Waals surface area contributed by atoms with Crippen LogP contribution in [-0.2, 0) is 10.4 Å². The number of hydrogen-bond donors (Lipinski definition) is 2. The molecular weight excluding hydrogens is 326 g/mol. The second kappa shape index (κ2) is 8.52. The minimum atomic E-state index is -0.545. The lowest BCUT2D eigenvalue weighted by atomic mass is 9.92. The Balaban J connectivity index is 2.11. The average molecular weight is 353 g/mol. The predicted octanol–water partition coefficient (Wildman–Crippen LogP) is 4.81. The highest BCUT2D eigenvalue weighted by atomic mass is 16.6. The lowest BCUT2D eigenvalue weighted by Crippen LogP contribution is -2.43. The van der Waals surface area contributed by atoms with Crippen LogP contribution in [0.15, 0.2) is 53.7 Å². The van der Waals surface area contributed by atoms with E-state index >= 15 is 0 Å². The summed E-state index contributed by atoms with van der Waals surface area (Å²) in [5.74, 6) is 0. The Labute approximate surface area is 155 Å². The van der Waals surface area contributed by atoms with Gasteiger partial charge in [-0.1, -0.05) is 41.1 Å². The van der Waals surface area contributed by atoms with Crippen molar-refractivity contribution in [3.63, 3.8) is 0 Å². The Morgan fingerprint density at radius 3 is 2.50 bits per heavy atom. The fourth-order valence-electron chi connectivity index (χ4n) is 2.50. The summed E-state index contributed by atoms with van der Waals surface area (Å²) in [6, 6.07) is 15.4. The first-order valence-electron chi connectivity index (χ1n) is 8.75. The highest BCUT2D eigenvalue weighted by molar-refractivity contribution is 5.98. The maximum atomic E-state index is 12.4. The molecular formula is C21H27N3O2. The third-order valence-electron chi connectivity index (χ3n) is 4.07. The number of anilines is 1. The largest absolute Gasteiger partial charge is 0.396 e. The van der Waals surface area contributed by atoms with Crippen LogP contribution >= 0.6 is 0 Å². The molecule has 0 radical (unpaired) electrons. The first-order valence-corrected chi connectivity index (χ1v) is 8.75. The van der Waals surface area contributed by atoms with Gasteiger partial charge in [-0.05, 0) is 63.9 Å². The fraction of sp³-hybridized carbons (Fsp3) is 0.333. The van der Waals surface area contributed by atoms with Gasteiger partial charge in [-0.3, -0.25) is 0 Å². The monoisotopic (exact) mass is 353 g/mol. The molecule has 0 bridgehead atoms. The van der Waals surface area contributed by atoms with Crippen molar-refractivity contribution in [2.24, 2.45) is 5.16 Å². The predicted molar refractivity (Wildman–Crippen MR) is 107 cm³/mol. The van der Waals surface area contributed by atoms with E-state index in [2.05, 4.69) is 15.8 Å². The summed E-state index contributed by atoms with van der Waals surface area (Å²) in [5.41, 5.74) is 4.12. The number of urea groups is 1. The molecule has 138 valence electrons. The highest BCUT2D eigenvalue weighted by Gasteiger charge is 2.23. The van der Waals surface area contributed by atoms with Gasteiger partial charge in [0.05, 0.1) is 11.3 Å². The molecule has 26 heavy (non-hydrogen) atoms. The summed E-state index contributed by atoms with van der Waals surface area (Å²) < 4.78 is 0. The van der Waals surface area contributed by atoms with Crippen LogP contribution in [0, 0.1) is 6.92 Å². The van der Waals surface area contributed by atoms with E-state index in [1.807, 2.05) is 83.1 Å². The van der Waals surface area contributed by atoms with Crippen molar-refractivity contribution >= 4 is 17.4 Å². The molecule has 0 saturated carbocycles. The molecule has 2 rings (SSSR count). The average Bonchev–Trinajstić information content (AvgIpc) is 2.61. The summed E-state index contributed by atoms with van der Waals surface area (Å²) in [6.07, 6.45) is 0. The van der Waals surface area contributed by atoms with Crippen molar-refractivity contribution in [2.75, 3.05) is 11.9 Å². The maximum absolute atomic E-state index is 12.4. The molecule has 0 spiro atoms. The molecule has 0 aliphatic carbocycles. The van der Waals surface area contributed by atoms with Crippen LogP contribution in [0.25, 0.3) is 0 Å². The van der Waals surface area contributed by atoms with Gasteiger partial charge in [0.15, 0.2) is 0 Å². The molecule has 0 saturated heterocycles. The summed E-state index contributed by atoms with van der Waals surface area (Å²) in [5, 5.41) is 9.97. The Morgan fingerprint density at radius 2 is 1.85 bits per heavy atom. The van der Waals surface area contributed by atoms with E-state index in [0.717, 1.165) is 28.1 Å². The number of amides is 2. The summed E-state index contributed by atoms with van der Waals surface area (Å²) in [6.45, 7) is 10.3. The number of aryl methyl sites for hydroxylation is 1. The SMILES string of the molecule is CCO/N=C(\C)c1cccc(C(C)(C)NC(=O)Nc2ccc(C)cc2)c1. The topological polar surface area (TPSA) is 62.7 Å². The van der Waals surface area contributed by atoms with Gasteiger partial charge in [0.1, 0.15) is 6.61 Å². The Morgan fingerprint density at radius 1 is 1.15 bits per heavy atom. The van der Waals surface area contributed by atoms with Crippen molar-refractivity contribution in [3.8, 4) is 0 Å². The molecule has 0 aliphatic rings. The lowest BCUT2D eigenvalue weighted by molar-refractivity contribution is 0.159. The molecule has 2 N–H and O–H groups in total. The number of nitrogens with zero attached hydrogens (tertiary/aromatic N) is 1. The van der Waals surface area contributed by atoms with Crippen molar-refractivity contribution in [2.45, 2.75) is 40.2 Å². The lowest BCUT2D eigenvalue weighted by Gasteiger charge is -2.27. The van der Waals surface area contributed by atoms with Gasteiger partial charge < -0.3 is 15.5 Å². The van der Waals surface area contributed by atoms with Gasteiger partial charge in [0.25, 0.3) is 0 Å². The van der Waals surface area contributed by atoms with E-state index in [1.165, 1.54) is 0 Å². The van der Waals surface area contributed by atoms with Gasteiger partial charge in [0.2, 0.25) is 0 Å². The molecule has 0 aromatic heterocycles. The van der Waals surface area contributed by atoms with E-state index in [9.17, 15) is 4.79 Å². The van der Waals surface area contributed by atoms with E-state index in [0.29, 0.717) is 6.61 Å². The summed E-state index contributed by atoms with van der Waals surface area (Å²) >= 11 is 0. The normalized spacial score (nSPS) is 11.8. The fourth-order valence-corrected chi connectivity index (χ4v) is 2.50. The number of oxime groups is 1. The van der Waals surface area contributed by atoms with Crippen LogP contribution in [0.4, 0.5) is 10.5 Å². The molecule has 2 amide bonds. The van der Waals surface area contributed by atoms with E-state index in [-0.39, 0.29) is 6.03 Å². The molecule has 2 aromatic rings. The van der Waals surface area contributed by atoms with E-state index in [4.69, 9.17) is 4.84 Å². The first-order chi connectivity index (χ1) is 12.3. The van der Waals surface area contributed by atoms with Gasteiger partial charge in [-0.15, -0.1) is 0 Å². The van der Waals surface area contributed by atoms with E-state index < -0.39 is 5.54 Å². The third kappa shape index (κ3) is 5.34. The van der Waals surface area contributed by atoms with Crippen LogP contribution in [0.2, 0.25) is 0 Å². The van der Waals surface area contributed by atoms with Gasteiger partial charge in [-0.2, -0.15) is 0 Å². The van der Waals surface area contributed by atoms with Crippen molar-refractivity contribution in [1.29, 1.82) is 0 Å².